The van der Waals surface area contributed by atoms with Crippen molar-refractivity contribution in [2.45, 2.75) is 30.6 Å². The monoisotopic (exact) mass is 471 g/mol. The number of alkyl halides is 3. The molecule has 3 aromatic heterocycles. The number of fused-ring (bicyclic) bond motifs is 1. The molecular formula is C23H20F3N5OS. The number of hydrogen-bond acceptors (Lipinski definition) is 6. The third-order valence-electron chi connectivity index (χ3n) is 5.03. The lowest BCUT2D eigenvalue weighted by molar-refractivity contribution is -0.143. The van der Waals surface area contributed by atoms with E-state index < -0.39 is 24.8 Å². The summed E-state index contributed by atoms with van der Waals surface area (Å²) < 4.78 is 39.0. The fraction of sp³-hybridized carbons (Fsp3) is 0.217. The van der Waals surface area contributed by atoms with Gasteiger partial charge in [0.25, 0.3) is 0 Å². The molecular weight excluding hydrogens is 451 g/mol. The van der Waals surface area contributed by atoms with Gasteiger partial charge < -0.3 is 5.73 Å². The fourth-order valence-corrected chi connectivity index (χ4v) is 3.86. The molecule has 10 heteroatoms. The van der Waals surface area contributed by atoms with Gasteiger partial charge in [-0.2, -0.15) is 13.2 Å². The number of pyridine rings is 1. The standard InChI is InChI=1S/C23H20F3N5OS/c1-33-22-29-18(12-20(27)30-22)15-6-8-31-19(13-28-21(31)11-15)16-4-2-3-14(9-16)10-17(32)5-7-23(24,25)26/h2-4,6,8-9,11-13H,5,7,10H2,1H3,(H2,27,29,30). The molecule has 0 saturated carbocycles. The highest BCUT2D eigenvalue weighted by molar-refractivity contribution is 7.98. The predicted molar refractivity (Wildman–Crippen MR) is 122 cm³/mol. The SMILES string of the molecule is CSc1nc(N)cc(-c2ccn3c(-c4cccc(CC(=O)CCC(F)(F)F)c4)cnc3c2)n1. The zero-order chi connectivity index (χ0) is 23.6. The first-order valence-electron chi connectivity index (χ1n) is 10.1. The third-order valence-corrected chi connectivity index (χ3v) is 5.58. The van der Waals surface area contributed by atoms with Crippen LogP contribution in [0.5, 0.6) is 0 Å². The Morgan fingerprint density at radius 2 is 1.94 bits per heavy atom. The van der Waals surface area contributed by atoms with Gasteiger partial charge in [0.1, 0.15) is 17.2 Å². The van der Waals surface area contributed by atoms with Crippen LogP contribution < -0.4 is 5.73 Å². The lowest BCUT2D eigenvalue weighted by Crippen LogP contribution is -2.12. The molecule has 33 heavy (non-hydrogen) atoms. The minimum absolute atomic E-state index is 0.0439. The molecule has 0 aliphatic heterocycles. The Hall–Kier alpha value is -3.40. The number of Topliss-reactive ketones (excluding diaryl/α,β-unsaturated/α-hetero) is 1. The van der Waals surface area contributed by atoms with Crippen LogP contribution in [0.1, 0.15) is 18.4 Å². The topological polar surface area (TPSA) is 86.2 Å². The number of ketones is 1. The first kappa shape index (κ1) is 22.8. The van der Waals surface area contributed by atoms with Crippen LogP contribution in [0.4, 0.5) is 19.0 Å². The van der Waals surface area contributed by atoms with Crippen LogP contribution in [0.15, 0.2) is 60.0 Å². The molecule has 3 heterocycles. The molecule has 2 N–H and O–H groups in total. The summed E-state index contributed by atoms with van der Waals surface area (Å²) in [5, 5.41) is 0.579. The van der Waals surface area contributed by atoms with Crippen LogP contribution in [-0.2, 0) is 11.2 Å². The number of nitrogen functional groups attached to an aromatic ring is 1. The minimum atomic E-state index is -4.33. The zero-order valence-electron chi connectivity index (χ0n) is 17.6. The summed E-state index contributed by atoms with van der Waals surface area (Å²) in [4.78, 5) is 25.1. The second-order valence-electron chi connectivity index (χ2n) is 7.48. The molecule has 0 aliphatic rings. The Bertz CT molecular complexity index is 1320. The first-order valence-corrected chi connectivity index (χ1v) is 11.3. The summed E-state index contributed by atoms with van der Waals surface area (Å²) >= 11 is 1.40. The number of nitrogens with zero attached hydrogens (tertiary/aromatic N) is 4. The molecule has 0 saturated heterocycles. The Morgan fingerprint density at radius 3 is 2.70 bits per heavy atom. The van der Waals surface area contributed by atoms with Crippen molar-refractivity contribution in [2.75, 3.05) is 12.0 Å². The molecule has 170 valence electrons. The summed E-state index contributed by atoms with van der Waals surface area (Å²) in [5.41, 5.74) is 10.4. The van der Waals surface area contributed by atoms with Gasteiger partial charge in [-0.05, 0) is 30.0 Å². The van der Waals surface area contributed by atoms with Gasteiger partial charge >= 0.3 is 6.18 Å². The van der Waals surface area contributed by atoms with Gasteiger partial charge in [-0.25, -0.2) is 15.0 Å². The average Bonchev–Trinajstić information content (AvgIpc) is 3.20. The molecule has 0 unspecified atom stereocenters. The third kappa shape index (κ3) is 5.51. The Balaban J connectivity index is 1.59. The molecule has 1 aromatic carbocycles. The number of anilines is 1. The summed E-state index contributed by atoms with van der Waals surface area (Å²) in [6, 6.07) is 12.7. The number of halogens is 3. The second kappa shape index (κ2) is 9.22. The van der Waals surface area contributed by atoms with Crippen molar-refractivity contribution >= 4 is 29.0 Å². The van der Waals surface area contributed by atoms with Gasteiger partial charge in [-0.3, -0.25) is 9.20 Å². The molecule has 6 nitrogen and oxygen atoms in total. The number of nitrogens with two attached hydrogens (primary N) is 1. The van der Waals surface area contributed by atoms with Crippen LogP contribution in [0.2, 0.25) is 0 Å². The lowest BCUT2D eigenvalue weighted by Gasteiger charge is -2.08. The molecule has 4 rings (SSSR count). The summed E-state index contributed by atoms with van der Waals surface area (Å²) in [5.74, 6) is -0.0594. The van der Waals surface area contributed by atoms with E-state index in [0.717, 1.165) is 16.8 Å². The molecule has 4 aromatic rings. The molecule has 0 spiro atoms. The Kier molecular flexibility index (Phi) is 6.37. The van der Waals surface area contributed by atoms with Crippen LogP contribution >= 0.6 is 11.8 Å². The molecule has 0 amide bonds. The van der Waals surface area contributed by atoms with Crippen molar-refractivity contribution in [3.8, 4) is 22.5 Å². The van der Waals surface area contributed by atoms with Crippen LogP contribution in [0, 0.1) is 0 Å². The minimum Gasteiger partial charge on any atom is -0.384 e. The van der Waals surface area contributed by atoms with E-state index in [0.29, 0.717) is 27.9 Å². The van der Waals surface area contributed by atoms with Gasteiger partial charge in [0.15, 0.2) is 5.16 Å². The molecule has 0 fully saturated rings. The Morgan fingerprint density at radius 1 is 1.12 bits per heavy atom. The summed E-state index contributed by atoms with van der Waals surface area (Å²) in [6.07, 6.45) is -0.536. The van der Waals surface area contributed by atoms with E-state index in [1.807, 2.05) is 35.1 Å². The van der Waals surface area contributed by atoms with E-state index in [1.165, 1.54) is 11.8 Å². The number of hydrogen-bond donors (Lipinski definition) is 1. The number of carbonyl (C=O) groups excluding carboxylic acids is 1. The van der Waals surface area contributed by atoms with Gasteiger partial charge in [-0.15, -0.1) is 0 Å². The zero-order valence-corrected chi connectivity index (χ0v) is 18.5. The predicted octanol–water partition coefficient (Wildman–Crippen LogP) is 5.22. The number of aromatic nitrogens is 4. The average molecular weight is 472 g/mol. The Labute approximate surface area is 192 Å². The van der Waals surface area contributed by atoms with E-state index >= 15 is 0 Å². The lowest BCUT2D eigenvalue weighted by atomic mass is 10.0. The number of thioether (sulfide) groups is 1. The molecule has 0 radical (unpaired) electrons. The molecule has 0 bridgehead atoms. The summed E-state index contributed by atoms with van der Waals surface area (Å²) in [6.45, 7) is 0. The number of rotatable bonds is 7. The van der Waals surface area contributed by atoms with Gasteiger partial charge in [-0.1, -0.05) is 30.0 Å². The maximum atomic E-state index is 12.4. The second-order valence-corrected chi connectivity index (χ2v) is 8.26. The smallest absolute Gasteiger partial charge is 0.384 e. The normalized spacial score (nSPS) is 11.8. The summed E-state index contributed by atoms with van der Waals surface area (Å²) in [7, 11) is 0. The van der Waals surface area contributed by atoms with Crippen molar-refractivity contribution in [2.24, 2.45) is 0 Å². The molecule has 0 atom stereocenters. The van der Waals surface area contributed by atoms with Crippen LogP contribution in [0.3, 0.4) is 0 Å². The number of benzene rings is 1. The van der Waals surface area contributed by atoms with Crippen molar-refractivity contribution < 1.29 is 18.0 Å². The maximum Gasteiger partial charge on any atom is 0.389 e. The van der Waals surface area contributed by atoms with Crippen molar-refractivity contribution in [1.29, 1.82) is 0 Å². The number of carbonyl (C=O) groups is 1. The van der Waals surface area contributed by atoms with Crippen molar-refractivity contribution in [3.05, 3.63) is 60.4 Å². The van der Waals surface area contributed by atoms with E-state index in [1.54, 1.807) is 30.5 Å². The van der Waals surface area contributed by atoms with Crippen molar-refractivity contribution in [1.82, 2.24) is 19.4 Å². The van der Waals surface area contributed by atoms with Crippen LogP contribution in [-0.4, -0.2) is 37.6 Å². The first-order chi connectivity index (χ1) is 15.7. The van der Waals surface area contributed by atoms with Gasteiger partial charge in [0, 0.05) is 36.2 Å². The quantitative estimate of drug-likeness (QED) is 0.294. The highest BCUT2D eigenvalue weighted by atomic mass is 32.2. The van der Waals surface area contributed by atoms with Gasteiger partial charge in [0.2, 0.25) is 0 Å². The highest BCUT2D eigenvalue weighted by Crippen LogP contribution is 2.27. The van der Waals surface area contributed by atoms with E-state index in [2.05, 4.69) is 15.0 Å². The fourth-order valence-electron chi connectivity index (χ4n) is 3.47. The largest absolute Gasteiger partial charge is 0.389 e. The van der Waals surface area contributed by atoms with E-state index in [-0.39, 0.29) is 6.42 Å². The van der Waals surface area contributed by atoms with E-state index in [4.69, 9.17) is 5.73 Å². The van der Waals surface area contributed by atoms with Crippen molar-refractivity contribution in [3.63, 3.8) is 0 Å². The van der Waals surface area contributed by atoms with E-state index in [9.17, 15) is 18.0 Å². The van der Waals surface area contributed by atoms with Crippen LogP contribution in [0.25, 0.3) is 28.2 Å². The maximum absolute atomic E-state index is 12.4. The number of imidazole rings is 1. The molecule has 0 aliphatic carbocycles. The highest BCUT2D eigenvalue weighted by Gasteiger charge is 2.27. The van der Waals surface area contributed by atoms with Gasteiger partial charge in [0.05, 0.1) is 24.0 Å².